The van der Waals surface area contributed by atoms with Crippen LogP contribution in [0, 0.1) is 10.8 Å². The molecule has 0 bridgehead atoms. The van der Waals surface area contributed by atoms with Crippen LogP contribution in [0.1, 0.15) is 107 Å². The summed E-state index contributed by atoms with van der Waals surface area (Å²) in [6, 6.07) is 113. The Balaban J connectivity index is 0.798. The number of fused-ring (bicyclic) bond motifs is 16. The first kappa shape index (κ1) is 57.4. The number of para-hydroxylation sites is 2. The fourth-order valence-corrected chi connectivity index (χ4v) is 16.9. The van der Waals surface area contributed by atoms with Crippen LogP contribution in [0.2, 0.25) is 0 Å². The molecule has 0 fully saturated rings. The number of aromatic nitrogens is 1. The molecule has 2 nitrogen and oxygen atoms in total. The minimum Gasteiger partial charge on any atom is -0.310 e. The first-order valence-electron chi connectivity index (χ1n) is 33.7. The van der Waals surface area contributed by atoms with Gasteiger partial charge in [0.1, 0.15) is 0 Å². The molecule has 94 heavy (non-hydrogen) atoms. The van der Waals surface area contributed by atoms with Crippen molar-refractivity contribution in [3.8, 4) is 83.6 Å². The van der Waals surface area contributed by atoms with Gasteiger partial charge in [-0.2, -0.15) is 0 Å². The molecule has 0 aliphatic heterocycles. The van der Waals surface area contributed by atoms with Gasteiger partial charge in [-0.05, 0) is 207 Å². The molecule has 14 aromatic rings. The molecule has 3 aliphatic rings. The van der Waals surface area contributed by atoms with E-state index >= 15 is 0 Å². The van der Waals surface area contributed by atoms with Crippen molar-refractivity contribution >= 4 is 38.9 Å². The van der Waals surface area contributed by atoms with Gasteiger partial charge in [0, 0.05) is 44.5 Å². The fourth-order valence-electron chi connectivity index (χ4n) is 16.9. The Kier molecular flexibility index (Phi) is 13.1. The van der Waals surface area contributed by atoms with Crippen LogP contribution in [0.4, 0.5) is 17.1 Å². The van der Waals surface area contributed by atoms with E-state index in [0.717, 1.165) is 29.2 Å². The van der Waals surface area contributed by atoms with Gasteiger partial charge in [-0.3, -0.25) is 0 Å². The summed E-state index contributed by atoms with van der Waals surface area (Å²) in [6.45, 7) is 19.2. The number of benzene rings is 13. The van der Waals surface area contributed by atoms with Gasteiger partial charge in [-0.15, -0.1) is 0 Å². The van der Waals surface area contributed by atoms with Crippen LogP contribution in [0.25, 0.3) is 105 Å². The molecule has 0 amide bonds. The molecule has 454 valence electrons. The monoisotopic (exact) mass is 1210 g/mol. The Labute approximate surface area is 554 Å². The lowest BCUT2D eigenvalue weighted by Crippen LogP contribution is -2.26. The van der Waals surface area contributed by atoms with E-state index in [4.69, 9.17) is 0 Å². The molecule has 2 unspecified atom stereocenters. The predicted octanol–water partition coefficient (Wildman–Crippen LogP) is 25.1. The standard InChI is InChI=1S/C92H76N2/c1-89(2,3)58-86(90(4,5)6)71-29-16-15-28-69(71)63-42-50-76-73-31-18-21-36-81(73)92(84(76)55-63)82-37-22-19-32-74(82)77-51-43-64(56-85(77)92)70-33-23-34-78-79-54-62(44-53-87(79)94(88(70)78)65-26-13-10-14-27-65)61-40-47-67(48-41-61)93(66-45-38-60(39-46-66)59-24-11-9-12-25-59)68-49-52-75-72-30-17-20-35-80(72)91(7,8)83(75)57-68/h9-57,86H,58H2,1-8H3. The lowest BCUT2D eigenvalue weighted by atomic mass is 9.67. The van der Waals surface area contributed by atoms with Crippen LogP contribution in [0.5, 0.6) is 0 Å². The molecule has 1 heterocycles. The van der Waals surface area contributed by atoms with Crippen molar-refractivity contribution in [2.75, 3.05) is 4.90 Å². The van der Waals surface area contributed by atoms with Gasteiger partial charge in [0.2, 0.25) is 0 Å². The summed E-state index contributed by atoms with van der Waals surface area (Å²) in [4.78, 5) is 2.42. The Bertz CT molecular complexity index is 5310. The predicted molar refractivity (Wildman–Crippen MR) is 397 cm³/mol. The second-order valence-electron chi connectivity index (χ2n) is 29.4. The average molecular weight is 1210 g/mol. The van der Waals surface area contributed by atoms with E-state index in [1.165, 1.54) is 139 Å². The van der Waals surface area contributed by atoms with Gasteiger partial charge in [-0.1, -0.05) is 280 Å². The third kappa shape index (κ3) is 8.97. The highest BCUT2D eigenvalue weighted by atomic mass is 15.1. The molecule has 0 N–H and O–H groups in total. The Morgan fingerprint density at radius 3 is 1.38 bits per heavy atom. The van der Waals surface area contributed by atoms with E-state index in [9.17, 15) is 0 Å². The van der Waals surface area contributed by atoms with Gasteiger partial charge < -0.3 is 9.47 Å². The van der Waals surface area contributed by atoms with Gasteiger partial charge in [-0.25, -0.2) is 0 Å². The van der Waals surface area contributed by atoms with Gasteiger partial charge in [0.15, 0.2) is 0 Å². The molecule has 1 aromatic heterocycles. The van der Waals surface area contributed by atoms with Crippen molar-refractivity contribution in [1.29, 1.82) is 0 Å². The highest BCUT2D eigenvalue weighted by molar-refractivity contribution is 6.15. The van der Waals surface area contributed by atoms with Crippen LogP contribution < -0.4 is 4.90 Å². The van der Waals surface area contributed by atoms with Gasteiger partial charge in [0.05, 0.1) is 16.4 Å². The molecule has 2 heteroatoms. The number of anilines is 3. The van der Waals surface area contributed by atoms with E-state index in [1.807, 2.05) is 0 Å². The van der Waals surface area contributed by atoms with Gasteiger partial charge in [0.25, 0.3) is 0 Å². The maximum absolute atomic E-state index is 2.58. The highest BCUT2D eigenvalue weighted by Crippen LogP contribution is 2.64. The minimum absolute atomic E-state index is 0.0687. The summed E-state index contributed by atoms with van der Waals surface area (Å²) < 4.78 is 2.51. The zero-order valence-corrected chi connectivity index (χ0v) is 55.0. The third-order valence-corrected chi connectivity index (χ3v) is 21.2. The number of hydrogen-bond donors (Lipinski definition) is 0. The quantitative estimate of drug-likeness (QED) is 0.132. The molecular formula is C92H76N2. The maximum atomic E-state index is 2.58. The number of hydrogen-bond acceptors (Lipinski definition) is 1. The average Bonchev–Trinajstić information content (AvgIpc) is 1.51. The van der Waals surface area contributed by atoms with Crippen LogP contribution in [0.15, 0.2) is 297 Å². The maximum Gasteiger partial charge on any atom is 0.0725 e. The molecule has 13 aromatic carbocycles. The van der Waals surface area contributed by atoms with Crippen molar-refractivity contribution in [2.45, 2.75) is 78.6 Å². The fraction of sp³-hybridized carbons (Fsp3) is 0.152. The molecule has 1 spiro atoms. The smallest absolute Gasteiger partial charge is 0.0725 e. The first-order chi connectivity index (χ1) is 45.6. The van der Waals surface area contributed by atoms with Crippen LogP contribution in [0.3, 0.4) is 0 Å². The van der Waals surface area contributed by atoms with E-state index in [0.29, 0.717) is 5.92 Å². The van der Waals surface area contributed by atoms with Crippen molar-refractivity contribution in [3.05, 3.63) is 336 Å². The largest absolute Gasteiger partial charge is 0.310 e. The molecule has 0 saturated heterocycles. The van der Waals surface area contributed by atoms with E-state index in [2.05, 4.69) is 362 Å². The second kappa shape index (κ2) is 21.5. The zero-order valence-electron chi connectivity index (χ0n) is 55.0. The minimum atomic E-state index is -0.549. The Morgan fingerprint density at radius 1 is 0.330 bits per heavy atom. The van der Waals surface area contributed by atoms with Gasteiger partial charge >= 0.3 is 0 Å². The SMILES string of the molecule is CC(C)(C)CC(c1ccccc1-c1ccc2c(c1)C1(c3ccccc3-2)c2ccccc2-c2ccc(-c3cccc4c5cc(-c6ccc(N(c7ccc(-c8ccccc8)cc7)c7ccc8c(c7)C(C)(C)c7ccccc7-8)cc6)ccc5n(-c5ccccc5)c34)cc21)C(C)(C)C. The topological polar surface area (TPSA) is 8.17 Å². The normalized spacial score (nSPS) is 15.1. The summed E-state index contributed by atoms with van der Waals surface area (Å²) in [6.07, 6.45) is 1.10. The van der Waals surface area contributed by atoms with E-state index in [1.54, 1.807) is 0 Å². The molecule has 3 aliphatic carbocycles. The third-order valence-electron chi connectivity index (χ3n) is 21.2. The van der Waals surface area contributed by atoms with E-state index in [-0.39, 0.29) is 16.2 Å². The Hall–Kier alpha value is -10.5. The molecule has 0 radical (unpaired) electrons. The molecule has 17 rings (SSSR count). The Morgan fingerprint density at radius 2 is 0.777 bits per heavy atom. The molecule has 0 saturated carbocycles. The highest BCUT2D eigenvalue weighted by Gasteiger charge is 2.52. The molecular weight excluding hydrogens is 1130 g/mol. The zero-order chi connectivity index (χ0) is 63.8. The van der Waals surface area contributed by atoms with Crippen LogP contribution in [-0.4, -0.2) is 4.57 Å². The van der Waals surface area contributed by atoms with Crippen LogP contribution in [-0.2, 0) is 10.8 Å². The lowest BCUT2D eigenvalue weighted by Gasteiger charge is -2.37. The summed E-state index contributed by atoms with van der Waals surface area (Å²) in [7, 11) is 0. The summed E-state index contributed by atoms with van der Waals surface area (Å²) >= 11 is 0. The van der Waals surface area contributed by atoms with E-state index < -0.39 is 5.41 Å². The number of nitrogens with zero attached hydrogens (tertiary/aromatic N) is 2. The summed E-state index contributed by atoms with van der Waals surface area (Å²) in [5.41, 5.74) is 33.6. The first-order valence-corrected chi connectivity index (χ1v) is 33.7. The summed E-state index contributed by atoms with van der Waals surface area (Å²) in [5, 5.41) is 2.44. The molecule has 2 atom stereocenters. The van der Waals surface area contributed by atoms with Crippen molar-refractivity contribution in [2.24, 2.45) is 10.8 Å². The van der Waals surface area contributed by atoms with Crippen molar-refractivity contribution in [1.82, 2.24) is 4.57 Å². The van der Waals surface area contributed by atoms with Crippen LogP contribution >= 0.6 is 0 Å². The number of rotatable bonds is 10. The second-order valence-corrected chi connectivity index (χ2v) is 29.4. The lowest BCUT2D eigenvalue weighted by molar-refractivity contribution is 0.229. The summed E-state index contributed by atoms with van der Waals surface area (Å²) in [5.74, 6) is 0.368. The van der Waals surface area contributed by atoms with Crippen molar-refractivity contribution < 1.29 is 0 Å². The van der Waals surface area contributed by atoms with Crippen molar-refractivity contribution in [3.63, 3.8) is 0 Å².